The molecule has 1 amide bonds. The minimum Gasteiger partial charge on any atom is -0.356 e. The Labute approximate surface area is 167 Å². The quantitative estimate of drug-likeness (QED) is 0.232. The summed E-state index contributed by atoms with van der Waals surface area (Å²) in [7, 11) is 0. The summed E-state index contributed by atoms with van der Waals surface area (Å²) >= 11 is 0. The van der Waals surface area contributed by atoms with Gasteiger partial charge in [-0.05, 0) is 32.1 Å². The van der Waals surface area contributed by atoms with Crippen LogP contribution in [0.1, 0.15) is 116 Å². The first-order valence-electron chi connectivity index (χ1n) is 11.6. The van der Waals surface area contributed by atoms with E-state index in [2.05, 4.69) is 11.9 Å². The Kier molecular flexibility index (Phi) is 15.1. The summed E-state index contributed by atoms with van der Waals surface area (Å²) in [4.78, 5) is 23.8. The maximum Gasteiger partial charge on any atom is 0.220 e. The van der Waals surface area contributed by atoms with Crippen LogP contribution >= 0.6 is 0 Å². The highest BCUT2D eigenvalue weighted by Gasteiger charge is 2.23. The highest BCUT2D eigenvalue weighted by Crippen LogP contribution is 2.19. The van der Waals surface area contributed by atoms with E-state index in [-0.39, 0.29) is 11.8 Å². The molecule has 0 saturated carbocycles. The number of carbonyl (C=O) groups is 2. The van der Waals surface area contributed by atoms with E-state index < -0.39 is 0 Å². The first-order valence-corrected chi connectivity index (χ1v) is 11.6. The van der Waals surface area contributed by atoms with E-state index in [4.69, 9.17) is 0 Å². The summed E-state index contributed by atoms with van der Waals surface area (Å²) in [6.07, 6.45) is 23.2. The zero-order valence-electron chi connectivity index (χ0n) is 17.6. The summed E-state index contributed by atoms with van der Waals surface area (Å²) in [5.41, 5.74) is 0. The second-order valence-electron chi connectivity index (χ2n) is 8.28. The maximum absolute atomic E-state index is 12.2. The molecular weight excluding hydrogens is 334 g/mol. The third kappa shape index (κ3) is 13.7. The minimum absolute atomic E-state index is 0.0190. The molecule has 1 N–H and O–H groups in total. The van der Waals surface area contributed by atoms with Gasteiger partial charge in [-0.25, -0.2) is 0 Å². The van der Waals surface area contributed by atoms with Crippen molar-refractivity contribution in [3.8, 4) is 0 Å². The molecule has 1 unspecified atom stereocenters. The van der Waals surface area contributed by atoms with Crippen LogP contribution in [0.5, 0.6) is 0 Å². The monoisotopic (exact) mass is 377 g/mol. The van der Waals surface area contributed by atoms with Crippen LogP contribution in [0.25, 0.3) is 0 Å². The molecule has 0 aromatic rings. The van der Waals surface area contributed by atoms with Crippen molar-refractivity contribution in [3.05, 3.63) is 12.7 Å². The lowest BCUT2D eigenvalue weighted by atomic mass is 9.92. The molecule has 0 aromatic carbocycles. The van der Waals surface area contributed by atoms with Crippen LogP contribution < -0.4 is 5.32 Å². The second-order valence-corrected chi connectivity index (χ2v) is 8.28. The van der Waals surface area contributed by atoms with E-state index in [0.29, 0.717) is 18.6 Å². The fourth-order valence-corrected chi connectivity index (χ4v) is 3.99. The largest absolute Gasteiger partial charge is 0.356 e. The van der Waals surface area contributed by atoms with Crippen molar-refractivity contribution in [3.63, 3.8) is 0 Å². The number of rotatable bonds is 17. The molecule has 3 heteroatoms. The Morgan fingerprint density at radius 1 is 0.889 bits per heavy atom. The Hall–Kier alpha value is -1.12. The summed E-state index contributed by atoms with van der Waals surface area (Å²) in [6.45, 7) is 4.50. The molecule has 1 heterocycles. The number of unbranched alkanes of at least 4 members (excludes halogenated alkanes) is 13. The number of nitrogens with one attached hydrogen (secondary N) is 1. The molecule has 1 fully saturated rings. The van der Waals surface area contributed by atoms with Gasteiger partial charge in [-0.2, -0.15) is 0 Å². The molecule has 3 nitrogen and oxygen atoms in total. The summed E-state index contributed by atoms with van der Waals surface area (Å²) in [5, 5.41) is 2.86. The third-order valence-corrected chi connectivity index (χ3v) is 5.77. The Bertz CT molecular complexity index is 405. The Balaban J connectivity index is 1.83. The average molecular weight is 378 g/mol. The van der Waals surface area contributed by atoms with Crippen molar-refractivity contribution in [2.24, 2.45) is 5.92 Å². The fraction of sp³-hybridized carbons (Fsp3) is 0.833. The molecule has 1 aliphatic heterocycles. The predicted octanol–water partition coefficient (Wildman–Crippen LogP) is 6.51. The van der Waals surface area contributed by atoms with Crippen molar-refractivity contribution >= 4 is 11.7 Å². The summed E-state index contributed by atoms with van der Waals surface area (Å²) < 4.78 is 0. The first-order chi connectivity index (χ1) is 13.2. The van der Waals surface area contributed by atoms with Crippen LogP contribution in [0.15, 0.2) is 12.7 Å². The van der Waals surface area contributed by atoms with Crippen LogP contribution in [0.2, 0.25) is 0 Å². The van der Waals surface area contributed by atoms with Crippen molar-refractivity contribution in [1.82, 2.24) is 5.32 Å². The molecule has 0 aromatic heterocycles. The lowest BCUT2D eigenvalue weighted by Gasteiger charge is -2.11. The fourth-order valence-electron chi connectivity index (χ4n) is 3.99. The van der Waals surface area contributed by atoms with Gasteiger partial charge in [-0.1, -0.05) is 76.7 Å². The van der Waals surface area contributed by atoms with Gasteiger partial charge in [0, 0.05) is 25.3 Å². The maximum atomic E-state index is 12.2. The number of hydrogen-bond acceptors (Lipinski definition) is 2. The van der Waals surface area contributed by atoms with Gasteiger partial charge >= 0.3 is 0 Å². The lowest BCUT2D eigenvalue weighted by Crippen LogP contribution is -2.24. The van der Waals surface area contributed by atoms with Gasteiger partial charge in [0.2, 0.25) is 5.91 Å². The van der Waals surface area contributed by atoms with Crippen molar-refractivity contribution in [1.29, 1.82) is 0 Å². The Morgan fingerprint density at radius 3 is 1.96 bits per heavy atom. The number of ketones is 1. The lowest BCUT2D eigenvalue weighted by molar-refractivity contribution is -0.128. The van der Waals surface area contributed by atoms with Gasteiger partial charge in [0.25, 0.3) is 0 Å². The molecule has 1 rings (SSSR count). The van der Waals surface area contributed by atoms with Crippen molar-refractivity contribution in [2.45, 2.75) is 116 Å². The van der Waals surface area contributed by atoms with E-state index in [1.807, 2.05) is 6.08 Å². The number of amides is 1. The standard InChI is InChI=1S/C24H43NO2/c1-2-3-4-5-6-7-8-9-10-11-12-13-14-15-16-19-23(26)22-18-17-20-25-24(27)21-22/h2,22H,1,3-21H2,(H,25,27). The summed E-state index contributed by atoms with van der Waals surface area (Å²) in [6, 6.07) is 0. The molecule has 27 heavy (non-hydrogen) atoms. The third-order valence-electron chi connectivity index (χ3n) is 5.77. The Morgan fingerprint density at radius 2 is 1.41 bits per heavy atom. The number of carbonyl (C=O) groups excluding carboxylic acids is 2. The van der Waals surface area contributed by atoms with Crippen LogP contribution in [-0.4, -0.2) is 18.2 Å². The molecular formula is C24H43NO2. The van der Waals surface area contributed by atoms with E-state index in [9.17, 15) is 9.59 Å². The molecule has 0 aliphatic carbocycles. The van der Waals surface area contributed by atoms with Gasteiger partial charge in [0.15, 0.2) is 0 Å². The van der Waals surface area contributed by atoms with Crippen LogP contribution in [-0.2, 0) is 9.59 Å². The van der Waals surface area contributed by atoms with E-state index in [1.54, 1.807) is 0 Å². The number of Topliss-reactive ketones (excluding diaryl/α,β-unsaturated/α-hetero) is 1. The molecule has 0 radical (unpaired) electrons. The van der Waals surface area contributed by atoms with Gasteiger partial charge < -0.3 is 5.32 Å². The molecule has 156 valence electrons. The van der Waals surface area contributed by atoms with E-state index >= 15 is 0 Å². The van der Waals surface area contributed by atoms with Crippen LogP contribution in [0.4, 0.5) is 0 Å². The van der Waals surface area contributed by atoms with E-state index in [1.165, 1.54) is 77.0 Å². The molecule has 1 saturated heterocycles. The van der Waals surface area contributed by atoms with Crippen molar-refractivity contribution in [2.75, 3.05) is 6.54 Å². The number of allylic oxidation sites excluding steroid dienone is 1. The number of hydrogen-bond donors (Lipinski definition) is 1. The molecule has 1 aliphatic rings. The second kappa shape index (κ2) is 17.0. The topological polar surface area (TPSA) is 46.2 Å². The van der Waals surface area contributed by atoms with Crippen LogP contribution in [0.3, 0.4) is 0 Å². The SMILES string of the molecule is C=CCCCCCCCCCCCCCCCC(=O)C1CCCNC(=O)C1. The van der Waals surface area contributed by atoms with Gasteiger partial charge in [0.05, 0.1) is 0 Å². The smallest absolute Gasteiger partial charge is 0.220 e. The normalized spacial score (nSPS) is 17.3. The summed E-state index contributed by atoms with van der Waals surface area (Å²) in [5.74, 6) is 0.351. The van der Waals surface area contributed by atoms with E-state index in [0.717, 1.165) is 32.2 Å². The first kappa shape index (κ1) is 23.9. The minimum atomic E-state index is -0.0190. The van der Waals surface area contributed by atoms with Gasteiger partial charge in [-0.15, -0.1) is 6.58 Å². The van der Waals surface area contributed by atoms with Gasteiger partial charge in [0.1, 0.15) is 5.78 Å². The molecule has 0 spiro atoms. The zero-order chi connectivity index (χ0) is 19.6. The molecule has 1 atom stereocenters. The highest BCUT2D eigenvalue weighted by molar-refractivity contribution is 5.87. The predicted molar refractivity (Wildman–Crippen MR) is 115 cm³/mol. The highest BCUT2D eigenvalue weighted by atomic mass is 16.2. The molecule has 0 bridgehead atoms. The zero-order valence-corrected chi connectivity index (χ0v) is 17.6. The van der Waals surface area contributed by atoms with Gasteiger partial charge in [-0.3, -0.25) is 9.59 Å². The average Bonchev–Trinajstić information content (AvgIpc) is 2.89. The van der Waals surface area contributed by atoms with Crippen molar-refractivity contribution < 1.29 is 9.59 Å². The van der Waals surface area contributed by atoms with Crippen LogP contribution in [0, 0.1) is 5.92 Å².